The summed E-state index contributed by atoms with van der Waals surface area (Å²) >= 11 is 0. The van der Waals surface area contributed by atoms with Crippen LogP contribution in [0.3, 0.4) is 0 Å². The normalized spacial score (nSPS) is 13.2. The summed E-state index contributed by atoms with van der Waals surface area (Å²) in [7, 11) is 3.03. The molecule has 0 unspecified atom stereocenters. The van der Waals surface area contributed by atoms with Crippen molar-refractivity contribution in [1.82, 2.24) is 0 Å². The van der Waals surface area contributed by atoms with E-state index in [1.165, 1.54) is 32.4 Å². The van der Waals surface area contributed by atoms with E-state index >= 15 is 0 Å². The highest BCUT2D eigenvalue weighted by Gasteiger charge is 2.18. The number of ether oxygens (including phenoxy) is 5. The summed E-state index contributed by atoms with van der Waals surface area (Å²) in [5, 5.41) is 10.1. The van der Waals surface area contributed by atoms with Crippen LogP contribution in [0.2, 0.25) is 0 Å². The fraction of sp³-hybridized carbons (Fsp3) is 0.286. The van der Waals surface area contributed by atoms with Gasteiger partial charge in [0.05, 0.1) is 25.9 Å². The molecule has 148 valence electrons. The number of aromatic hydroxyl groups is 1. The monoisotopic (exact) mass is 386 g/mol. The Kier molecular flexibility index (Phi) is 6.39. The molecule has 1 aliphatic heterocycles. The predicted molar refractivity (Wildman–Crippen MR) is 103 cm³/mol. The summed E-state index contributed by atoms with van der Waals surface area (Å²) in [4.78, 5) is 12.5. The Bertz CT molecular complexity index is 873. The number of methoxy groups -OCH3 is 2. The maximum absolute atomic E-state index is 12.5. The number of phenols is 1. The van der Waals surface area contributed by atoms with Crippen LogP contribution >= 0.6 is 0 Å². The standard InChI is InChI=1S/C21H22O7/c1-24-13-28-15-6-7-16(18(23)12-15)17(22)8-4-14-5-9-19-21(20(14)25-2)27-11-3-10-26-19/h4-9,12,23H,3,10-11,13H2,1-2H3/b8-4+. The van der Waals surface area contributed by atoms with E-state index in [0.717, 1.165) is 6.42 Å². The van der Waals surface area contributed by atoms with Crippen molar-refractivity contribution in [3.05, 3.63) is 47.5 Å². The molecule has 7 nitrogen and oxygen atoms in total. The number of rotatable bonds is 7. The quantitative estimate of drug-likeness (QED) is 0.443. The first-order valence-electron chi connectivity index (χ1n) is 8.77. The summed E-state index contributed by atoms with van der Waals surface area (Å²) in [5.41, 5.74) is 0.828. The van der Waals surface area contributed by atoms with Gasteiger partial charge >= 0.3 is 0 Å². The van der Waals surface area contributed by atoms with Crippen molar-refractivity contribution in [2.24, 2.45) is 0 Å². The highest BCUT2D eigenvalue weighted by molar-refractivity contribution is 6.08. The van der Waals surface area contributed by atoms with Gasteiger partial charge in [-0.15, -0.1) is 0 Å². The Morgan fingerprint density at radius 3 is 2.75 bits per heavy atom. The Morgan fingerprint density at radius 1 is 1.18 bits per heavy atom. The molecular formula is C21H22O7. The summed E-state index contributed by atoms with van der Waals surface area (Å²) in [6.45, 7) is 1.16. The minimum absolute atomic E-state index is 0.0521. The topological polar surface area (TPSA) is 83.5 Å². The molecule has 0 atom stereocenters. The molecule has 1 N–H and O–H groups in total. The van der Waals surface area contributed by atoms with Crippen molar-refractivity contribution >= 4 is 11.9 Å². The molecule has 0 fully saturated rings. The first kappa shape index (κ1) is 19.6. The summed E-state index contributed by atoms with van der Waals surface area (Å²) in [5.74, 6) is 1.51. The van der Waals surface area contributed by atoms with Gasteiger partial charge in [0, 0.05) is 25.2 Å². The minimum atomic E-state index is -0.357. The van der Waals surface area contributed by atoms with Gasteiger partial charge in [-0.2, -0.15) is 0 Å². The molecule has 0 saturated heterocycles. The van der Waals surface area contributed by atoms with Crippen LogP contribution in [0.5, 0.6) is 28.7 Å². The molecule has 2 aromatic carbocycles. The van der Waals surface area contributed by atoms with Crippen molar-refractivity contribution in [3.63, 3.8) is 0 Å². The molecule has 0 aromatic heterocycles. The fourth-order valence-corrected chi connectivity index (χ4v) is 2.76. The first-order valence-corrected chi connectivity index (χ1v) is 8.77. The molecule has 0 radical (unpaired) electrons. The Labute approximate surface area is 163 Å². The number of hydrogen-bond donors (Lipinski definition) is 1. The van der Waals surface area contributed by atoms with Crippen LogP contribution in [0.15, 0.2) is 36.4 Å². The van der Waals surface area contributed by atoms with Crippen molar-refractivity contribution in [3.8, 4) is 28.7 Å². The molecule has 2 aromatic rings. The van der Waals surface area contributed by atoms with Gasteiger partial charge in [0.2, 0.25) is 5.75 Å². The van der Waals surface area contributed by atoms with E-state index in [0.29, 0.717) is 41.8 Å². The lowest BCUT2D eigenvalue weighted by molar-refractivity contribution is 0.0510. The lowest BCUT2D eigenvalue weighted by atomic mass is 10.1. The number of allylic oxidation sites excluding steroid dienone is 1. The molecule has 1 aliphatic rings. The van der Waals surface area contributed by atoms with E-state index in [9.17, 15) is 9.90 Å². The van der Waals surface area contributed by atoms with E-state index in [1.54, 1.807) is 24.3 Å². The van der Waals surface area contributed by atoms with Crippen molar-refractivity contribution in [1.29, 1.82) is 0 Å². The van der Waals surface area contributed by atoms with Gasteiger partial charge in [0.25, 0.3) is 0 Å². The van der Waals surface area contributed by atoms with Gasteiger partial charge in [-0.05, 0) is 36.4 Å². The Morgan fingerprint density at radius 2 is 2.00 bits per heavy atom. The lowest BCUT2D eigenvalue weighted by Crippen LogP contribution is -2.00. The van der Waals surface area contributed by atoms with Crippen LogP contribution in [0.1, 0.15) is 22.3 Å². The molecule has 0 aliphatic carbocycles. The lowest BCUT2D eigenvalue weighted by Gasteiger charge is -2.13. The maximum Gasteiger partial charge on any atom is 0.204 e. The molecule has 0 saturated carbocycles. The number of ketones is 1. The Balaban J connectivity index is 1.82. The zero-order chi connectivity index (χ0) is 19.9. The van der Waals surface area contributed by atoms with Crippen molar-refractivity contribution in [2.45, 2.75) is 6.42 Å². The third kappa shape index (κ3) is 4.37. The second-order valence-corrected chi connectivity index (χ2v) is 5.99. The van der Waals surface area contributed by atoms with Gasteiger partial charge < -0.3 is 28.8 Å². The third-order valence-electron chi connectivity index (χ3n) is 4.10. The second kappa shape index (κ2) is 9.14. The zero-order valence-corrected chi connectivity index (χ0v) is 15.8. The van der Waals surface area contributed by atoms with Gasteiger partial charge in [-0.1, -0.05) is 0 Å². The number of carbonyl (C=O) groups is 1. The average molecular weight is 386 g/mol. The van der Waals surface area contributed by atoms with Gasteiger partial charge in [0.1, 0.15) is 11.5 Å². The molecule has 0 spiro atoms. The van der Waals surface area contributed by atoms with E-state index in [-0.39, 0.29) is 23.9 Å². The molecule has 0 bridgehead atoms. The average Bonchev–Trinajstić information content (AvgIpc) is 2.95. The fourth-order valence-electron chi connectivity index (χ4n) is 2.76. The molecule has 1 heterocycles. The highest BCUT2D eigenvalue weighted by Crippen LogP contribution is 2.41. The van der Waals surface area contributed by atoms with Gasteiger partial charge in [-0.3, -0.25) is 4.79 Å². The maximum atomic E-state index is 12.5. The summed E-state index contributed by atoms with van der Waals surface area (Å²) < 4.78 is 26.9. The van der Waals surface area contributed by atoms with Crippen LogP contribution < -0.4 is 18.9 Å². The van der Waals surface area contributed by atoms with Gasteiger partial charge in [-0.25, -0.2) is 0 Å². The SMILES string of the molecule is COCOc1ccc(C(=O)/C=C/c2ccc3c(c2OC)OCCCO3)c(O)c1. The smallest absolute Gasteiger partial charge is 0.204 e. The van der Waals surface area contributed by atoms with Crippen LogP contribution in [0, 0.1) is 0 Å². The van der Waals surface area contributed by atoms with Crippen LogP contribution in [-0.4, -0.2) is 45.1 Å². The molecule has 28 heavy (non-hydrogen) atoms. The second-order valence-electron chi connectivity index (χ2n) is 5.99. The zero-order valence-electron chi connectivity index (χ0n) is 15.8. The molecular weight excluding hydrogens is 364 g/mol. The summed E-state index contributed by atoms with van der Waals surface area (Å²) in [6, 6.07) is 8.03. The third-order valence-corrected chi connectivity index (χ3v) is 4.10. The molecule has 3 rings (SSSR count). The molecule has 7 heteroatoms. The van der Waals surface area contributed by atoms with Gasteiger partial charge in [0.15, 0.2) is 24.1 Å². The van der Waals surface area contributed by atoms with Crippen molar-refractivity contribution in [2.75, 3.05) is 34.2 Å². The highest BCUT2D eigenvalue weighted by atomic mass is 16.7. The first-order chi connectivity index (χ1) is 13.6. The van der Waals surface area contributed by atoms with Crippen LogP contribution in [-0.2, 0) is 4.74 Å². The van der Waals surface area contributed by atoms with E-state index in [2.05, 4.69) is 0 Å². The molecule has 0 amide bonds. The summed E-state index contributed by atoms with van der Waals surface area (Å²) in [6.07, 6.45) is 3.77. The Hall–Kier alpha value is -3.19. The van der Waals surface area contributed by atoms with Crippen molar-refractivity contribution < 1.29 is 33.6 Å². The predicted octanol–water partition coefficient (Wildman–Crippen LogP) is 3.44. The van der Waals surface area contributed by atoms with E-state index in [4.69, 9.17) is 23.7 Å². The number of fused-ring (bicyclic) bond motifs is 1. The number of carbonyl (C=O) groups excluding carboxylic acids is 1. The van der Waals surface area contributed by atoms with E-state index < -0.39 is 0 Å². The van der Waals surface area contributed by atoms with E-state index in [1.807, 2.05) is 0 Å². The minimum Gasteiger partial charge on any atom is -0.507 e. The number of benzene rings is 2. The number of hydrogen-bond acceptors (Lipinski definition) is 7. The largest absolute Gasteiger partial charge is 0.507 e. The van der Waals surface area contributed by atoms with Crippen LogP contribution in [0.4, 0.5) is 0 Å². The van der Waals surface area contributed by atoms with Crippen LogP contribution in [0.25, 0.3) is 6.08 Å². The number of phenolic OH excluding ortho intramolecular Hbond substituents is 1.